The van der Waals surface area contributed by atoms with E-state index in [1.165, 1.54) is 4.90 Å². The maximum Gasteiger partial charge on any atom is 0.331 e. The molecule has 1 aromatic rings. The van der Waals surface area contributed by atoms with E-state index in [0.717, 1.165) is 23.3 Å². The Kier molecular flexibility index (Phi) is 5.50. The average Bonchev–Trinajstić information content (AvgIpc) is 2.50. The molecule has 0 aromatic heterocycles. The van der Waals surface area contributed by atoms with Crippen molar-refractivity contribution in [2.75, 3.05) is 25.1 Å². The molecule has 0 radical (unpaired) electrons. The zero-order valence-corrected chi connectivity index (χ0v) is 12.9. The summed E-state index contributed by atoms with van der Waals surface area (Å²) >= 11 is 1.73. The molecular weight excluding hydrogens is 288 g/mol. The van der Waals surface area contributed by atoms with Crippen molar-refractivity contribution >= 4 is 23.8 Å². The number of carbonyl (C=O) groups is 2. The Morgan fingerprint density at radius 2 is 2.19 bits per heavy atom. The van der Waals surface area contributed by atoms with Crippen LogP contribution in [0, 0.1) is 0 Å². The Balaban J connectivity index is 2.09. The normalized spacial score (nSPS) is 17.2. The molecule has 6 heteroatoms. The van der Waals surface area contributed by atoms with E-state index >= 15 is 0 Å². The Morgan fingerprint density at radius 1 is 1.43 bits per heavy atom. The van der Waals surface area contributed by atoms with Crippen LogP contribution in [0.5, 0.6) is 0 Å². The molecule has 0 saturated heterocycles. The quantitative estimate of drug-likeness (QED) is 0.818. The van der Waals surface area contributed by atoms with Crippen LogP contribution in [0.3, 0.4) is 0 Å². The van der Waals surface area contributed by atoms with Gasteiger partial charge in [-0.25, -0.2) is 9.59 Å². The smallest absolute Gasteiger partial charge is 0.331 e. The second kappa shape index (κ2) is 7.36. The van der Waals surface area contributed by atoms with Gasteiger partial charge < -0.3 is 15.3 Å². The number of fused-ring (bicyclic) bond motifs is 1. The number of amides is 2. The fourth-order valence-corrected chi connectivity index (χ4v) is 3.00. The van der Waals surface area contributed by atoms with Crippen molar-refractivity contribution in [3.05, 3.63) is 35.4 Å². The predicted octanol–water partition coefficient (Wildman–Crippen LogP) is 2.13. The van der Waals surface area contributed by atoms with E-state index in [1.807, 2.05) is 24.5 Å². The molecule has 0 bridgehead atoms. The second-order valence-corrected chi connectivity index (χ2v) is 5.95. The summed E-state index contributed by atoms with van der Waals surface area (Å²) in [6.07, 6.45) is 3.59. The van der Waals surface area contributed by atoms with Crippen LogP contribution in [0.25, 0.3) is 0 Å². The van der Waals surface area contributed by atoms with Gasteiger partial charge in [-0.05, 0) is 36.0 Å². The summed E-state index contributed by atoms with van der Waals surface area (Å²) in [5, 5.41) is 12.3. The van der Waals surface area contributed by atoms with E-state index in [0.29, 0.717) is 19.5 Å². The molecule has 0 saturated carbocycles. The minimum Gasteiger partial charge on any atom is -0.479 e. The minimum atomic E-state index is -0.985. The molecule has 5 nitrogen and oxygen atoms in total. The molecule has 0 aliphatic carbocycles. The maximum absolute atomic E-state index is 12.2. The monoisotopic (exact) mass is 308 g/mol. The summed E-state index contributed by atoms with van der Waals surface area (Å²) in [5.74, 6) is -0.00715. The zero-order valence-electron chi connectivity index (χ0n) is 12.0. The van der Waals surface area contributed by atoms with Gasteiger partial charge in [0.05, 0.1) is 0 Å². The Bertz CT molecular complexity index is 521. The van der Waals surface area contributed by atoms with E-state index in [9.17, 15) is 14.7 Å². The van der Waals surface area contributed by atoms with Crippen molar-refractivity contribution in [2.45, 2.75) is 18.9 Å². The number of hydrogen-bond donors (Lipinski definition) is 2. The molecule has 0 spiro atoms. The number of urea groups is 1. The fourth-order valence-electron chi connectivity index (χ4n) is 2.57. The Labute approximate surface area is 128 Å². The first-order valence-electron chi connectivity index (χ1n) is 6.99. The van der Waals surface area contributed by atoms with Gasteiger partial charge in [-0.15, -0.1) is 0 Å². The fraction of sp³-hybridized carbons (Fsp3) is 0.467. The second-order valence-electron chi connectivity index (χ2n) is 4.96. The molecule has 1 heterocycles. The van der Waals surface area contributed by atoms with Gasteiger partial charge >= 0.3 is 12.0 Å². The molecule has 1 aliphatic heterocycles. The number of nitrogens with one attached hydrogen (secondary N) is 1. The molecule has 1 unspecified atom stereocenters. The average molecular weight is 308 g/mol. The van der Waals surface area contributed by atoms with E-state index in [1.54, 1.807) is 17.8 Å². The van der Waals surface area contributed by atoms with Crippen LogP contribution in [-0.2, 0) is 11.2 Å². The highest BCUT2D eigenvalue weighted by Gasteiger charge is 2.35. The molecule has 2 rings (SSSR count). The van der Waals surface area contributed by atoms with Crippen LogP contribution in [-0.4, -0.2) is 47.1 Å². The van der Waals surface area contributed by atoms with E-state index in [-0.39, 0.29) is 6.03 Å². The maximum atomic E-state index is 12.2. The molecule has 114 valence electrons. The number of carboxylic acids is 1. The molecular formula is C15H20N2O3S. The topological polar surface area (TPSA) is 69.6 Å². The van der Waals surface area contributed by atoms with Crippen LogP contribution in [0.2, 0.25) is 0 Å². The Morgan fingerprint density at radius 3 is 2.90 bits per heavy atom. The van der Waals surface area contributed by atoms with Gasteiger partial charge in [0.2, 0.25) is 0 Å². The largest absolute Gasteiger partial charge is 0.479 e. The number of nitrogens with zero attached hydrogens (tertiary/aromatic N) is 1. The van der Waals surface area contributed by atoms with Gasteiger partial charge in [-0.1, -0.05) is 24.3 Å². The number of carbonyl (C=O) groups excluding carboxylic acids is 1. The van der Waals surface area contributed by atoms with E-state index < -0.39 is 12.0 Å². The summed E-state index contributed by atoms with van der Waals surface area (Å²) in [5.41, 5.74) is 1.73. The number of benzene rings is 1. The van der Waals surface area contributed by atoms with Crippen molar-refractivity contribution < 1.29 is 14.7 Å². The van der Waals surface area contributed by atoms with Gasteiger partial charge in [0, 0.05) is 13.1 Å². The number of thioether (sulfide) groups is 1. The van der Waals surface area contributed by atoms with Crippen molar-refractivity contribution in [3.63, 3.8) is 0 Å². The molecule has 1 aromatic carbocycles. The van der Waals surface area contributed by atoms with Crippen LogP contribution >= 0.6 is 11.8 Å². The first-order chi connectivity index (χ1) is 10.1. The highest BCUT2D eigenvalue weighted by Crippen LogP contribution is 2.29. The first kappa shape index (κ1) is 15.7. The highest BCUT2D eigenvalue weighted by molar-refractivity contribution is 7.98. The first-order valence-corrected chi connectivity index (χ1v) is 8.38. The summed E-state index contributed by atoms with van der Waals surface area (Å²) in [6, 6.07) is 6.25. The van der Waals surface area contributed by atoms with Gasteiger partial charge in [0.25, 0.3) is 0 Å². The zero-order chi connectivity index (χ0) is 15.2. The van der Waals surface area contributed by atoms with Crippen molar-refractivity contribution in [3.8, 4) is 0 Å². The summed E-state index contributed by atoms with van der Waals surface area (Å²) in [6.45, 7) is 1.01. The number of aliphatic carboxylic acids is 1. The van der Waals surface area contributed by atoms with Gasteiger partial charge in [0.15, 0.2) is 6.04 Å². The summed E-state index contributed by atoms with van der Waals surface area (Å²) < 4.78 is 0. The number of carboxylic acid groups (broad SMARTS) is 1. The highest BCUT2D eigenvalue weighted by atomic mass is 32.2. The van der Waals surface area contributed by atoms with E-state index in [2.05, 4.69) is 5.32 Å². The third kappa shape index (κ3) is 3.69. The van der Waals surface area contributed by atoms with Gasteiger partial charge in [-0.2, -0.15) is 11.8 Å². The lowest BCUT2D eigenvalue weighted by molar-refractivity contribution is -0.142. The third-order valence-electron chi connectivity index (χ3n) is 3.58. The molecule has 2 amide bonds. The molecule has 1 atom stereocenters. The van der Waals surface area contributed by atoms with Crippen molar-refractivity contribution in [2.24, 2.45) is 0 Å². The Hall–Kier alpha value is -1.69. The lowest BCUT2D eigenvalue weighted by Gasteiger charge is -2.34. The lowest BCUT2D eigenvalue weighted by Crippen LogP contribution is -2.48. The van der Waals surface area contributed by atoms with Crippen molar-refractivity contribution in [1.82, 2.24) is 10.2 Å². The molecule has 1 aliphatic rings. The number of rotatable bonds is 5. The third-order valence-corrected chi connectivity index (χ3v) is 4.28. The standard InChI is InChI=1S/C15H20N2O3S/c1-21-10-4-8-16-15(20)17-9-7-11-5-2-3-6-12(11)13(17)14(18)19/h2-3,5-6,13H,4,7-10H2,1H3,(H,16,20)(H,18,19). The van der Waals surface area contributed by atoms with Crippen LogP contribution < -0.4 is 5.32 Å². The van der Waals surface area contributed by atoms with Gasteiger partial charge in [-0.3, -0.25) is 0 Å². The SMILES string of the molecule is CSCCCNC(=O)N1CCc2ccccc2C1C(=O)O. The molecule has 21 heavy (non-hydrogen) atoms. The number of hydrogen-bond acceptors (Lipinski definition) is 3. The lowest BCUT2D eigenvalue weighted by atomic mass is 9.93. The molecule has 0 fully saturated rings. The molecule has 2 N–H and O–H groups in total. The summed E-state index contributed by atoms with van der Waals surface area (Å²) in [4.78, 5) is 25.2. The summed E-state index contributed by atoms with van der Waals surface area (Å²) in [7, 11) is 0. The van der Waals surface area contributed by atoms with Crippen LogP contribution in [0.1, 0.15) is 23.6 Å². The van der Waals surface area contributed by atoms with Crippen LogP contribution in [0.4, 0.5) is 4.79 Å². The van der Waals surface area contributed by atoms with Crippen LogP contribution in [0.15, 0.2) is 24.3 Å². The van der Waals surface area contributed by atoms with Crippen molar-refractivity contribution in [1.29, 1.82) is 0 Å². The van der Waals surface area contributed by atoms with Gasteiger partial charge in [0.1, 0.15) is 0 Å². The minimum absolute atomic E-state index is 0.294. The predicted molar refractivity (Wildman–Crippen MR) is 83.6 cm³/mol. The van der Waals surface area contributed by atoms with E-state index in [4.69, 9.17) is 0 Å².